The number of hydrogen-bond acceptors (Lipinski definition) is 5. The summed E-state index contributed by atoms with van der Waals surface area (Å²) in [6.07, 6.45) is 1.44. The van der Waals surface area contributed by atoms with Crippen LogP contribution in [0.1, 0.15) is 49.4 Å². The Labute approximate surface area is 118 Å². The van der Waals surface area contributed by atoms with Crippen LogP contribution in [-0.2, 0) is 16.0 Å². The van der Waals surface area contributed by atoms with Gasteiger partial charge in [0.05, 0.1) is 12.3 Å². The molecule has 112 valence electrons. The van der Waals surface area contributed by atoms with Gasteiger partial charge in [-0.2, -0.15) is 0 Å². The molecule has 0 aromatic carbocycles. The number of hydrogen-bond donors (Lipinski definition) is 0. The van der Waals surface area contributed by atoms with Crippen LogP contribution in [-0.4, -0.2) is 52.5 Å². The van der Waals surface area contributed by atoms with Crippen molar-refractivity contribution in [2.75, 3.05) is 20.7 Å². The van der Waals surface area contributed by atoms with Gasteiger partial charge in [0.1, 0.15) is 6.04 Å². The van der Waals surface area contributed by atoms with E-state index in [1.807, 2.05) is 6.92 Å². The average Bonchev–Trinajstić information content (AvgIpc) is 2.81. The fourth-order valence-corrected chi connectivity index (χ4v) is 1.93. The fraction of sp³-hybridized carbons (Fsp3) is 0.692. The van der Waals surface area contributed by atoms with Crippen LogP contribution in [0.2, 0.25) is 0 Å². The van der Waals surface area contributed by atoms with Crippen LogP contribution in [0.25, 0.3) is 0 Å². The summed E-state index contributed by atoms with van der Waals surface area (Å²) >= 11 is 0. The van der Waals surface area contributed by atoms with Crippen LogP contribution in [0.3, 0.4) is 0 Å². The van der Waals surface area contributed by atoms with Crippen LogP contribution < -0.4 is 0 Å². The van der Waals surface area contributed by atoms with Crippen molar-refractivity contribution in [3.05, 3.63) is 11.4 Å². The molecule has 1 aromatic heterocycles. The largest absolute Gasteiger partial charge is 0.461 e. The molecule has 7 heteroatoms. The predicted molar refractivity (Wildman–Crippen MR) is 73.4 cm³/mol. The molecule has 0 bridgehead atoms. The predicted octanol–water partition coefficient (Wildman–Crippen LogP) is 1.06. The molecule has 0 radical (unpaired) electrons. The maximum atomic E-state index is 12.0. The Morgan fingerprint density at radius 1 is 1.35 bits per heavy atom. The molecule has 0 aliphatic heterocycles. The lowest BCUT2D eigenvalue weighted by molar-refractivity contribution is -0.132. The van der Waals surface area contributed by atoms with Crippen molar-refractivity contribution in [3.63, 3.8) is 0 Å². The number of esters is 1. The summed E-state index contributed by atoms with van der Waals surface area (Å²) in [5.74, 6) is -0.589. The van der Waals surface area contributed by atoms with Crippen molar-refractivity contribution in [2.24, 2.45) is 0 Å². The van der Waals surface area contributed by atoms with Gasteiger partial charge in [-0.1, -0.05) is 18.6 Å². The molecule has 1 aromatic rings. The SMILES string of the molecule is CCCc1c(C(=O)OCC)nnn1C(C)C(=O)N(C)C. The zero-order chi connectivity index (χ0) is 15.3. The Kier molecular flexibility index (Phi) is 5.66. The molecule has 1 heterocycles. The molecule has 0 fully saturated rings. The minimum atomic E-state index is -0.498. The number of aromatic nitrogens is 3. The molecule has 1 amide bonds. The molecule has 20 heavy (non-hydrogen) atoms. The van der Waals surface area contributed by atoms with Gasteiger partial charge < -0.3 is 9.64 Å². The number of amides is 1. The van der Waals surface area contributed by atoms with Gasteiger partial charge in [-0.05, 0) is 20.3 Å². The van der Waals surface area contributed by atoms with E-state index in [1.54, 1.807) is 27.9 Å². The van der Waals surface area contributed by atoms with Crippen molar-refractivity contribution in [1.29, 1.82) is 0 Å². The van der Waals surface area contributed by atoms with Crippen LogP contribution >= 0.6 is 0 Å². The second kappa shape index (κ2) is 7.02. The van der Waals surface area contributed by atoms with Crippen molar-refractivity contribution in [2.45, 2.75) is 39.7 Å². The second-order valence-electron chi connectivity index (χ2n) is 4.71. The van der Waals surface area contributed by atoms with Gasteiger partial charge in [0, 0.05) is 14.1 Å². The first-order valence-electron chi connectivity index (χ1n) is 6.76. The van der Waals surface area contributed by atoms with E-state index in [2.05, 4.69) is 10.3 Å². The highest BCUT2D eigenvalue weighted by Gasteiger charge is 2.26. The zero-order valence-electron chi connectivity index (χ0n) is 12.7. The molecular weight excluding hydrogens is 260 g/mol. The average molecular weight is 282 g/mol. The minimum absolute atomic E-state index is 0.0948. The molecule has 1 atom stereocenters. The Morgan fingerprint density at radius 3 is 2.50 bits per heavy atom. The lowest BCUT2D eigenvalue weighted by Gasteiger charge is -2.18. The maximum Gasteiger partial charge on any atom is 0.360 e. The van der Waals surface area contributed by atoms with Gasteiger partial charge >= 0.3 is 5.97 Å². The monoisotopic (exact) mass is 282 g/mol. The molecule has 1 rings (SSSR count). The van der Waals surface area contributed by atoms with Gasteiger partial charge in [-0.3, -0.25) is 4.79 Å². The standard InChI is InChI=1S/C13H22N4O3/c1-6-8-10-11(13(19)20-7-2)14-15-17(10)9(3)12(18)16(4)5/h9H,6-8H2,1-5H3. The lowest BCUT2D eigenvalue weighted by Crippen LogP contribution is -2.31. The summed E-state index contributed by atoms with van der Waals surface area (Å²) < 4.78 is 6.48. The second-order valence-corrected chi connectivity index (χ2v) is 4.71. The van der Waals surface area contributed by atoms with E-state index < -0.39 is 12.0 Å². The van der Waals surface area contributed by atoms with E-state index in [4.69, 9.17) is 4.74 Å². The van der Waals surface area contributed by atoms with Gasteiger partial charge in [-0.15, -0.1) is 5.10 Å². The number of likely N-dealkylation sites (N-methyl/N-ethyl adjacent to an activating group) is 1. The van der Waals surface area contributed by atoms with E-state index in [1.165, 1.54) is 9.58 Å². The van der Waals surface area contributed by atoms with E-state index >= 15 is 0 Å². The Hall–Kier alpha value is -1.92. The molecule has 0 saturated carbocycles. The van der Waals surface area contributed by atoms with E-state index in [9.17, 15) is 9.59 Å². The summed E-state index contributed by atoms with van der Waals surface area (Å²) in [5.41, 5.74) is 0.848. The van der Waals surface area contributed by atoms with Crippen LogP contribution in [0.4, 0.5) is 0 Å². The van der Waals surface area contributed by atoms with Gasteiger partial charge in [0.15, 0.2) is 5.69 Å². The first-order valence-corrected chi connectivity index (χ1v) is 6.76. The number of rotatable bonds is 6. The third-order valence-corrected chi connectivity index (χ3v) is 2.91. The number of carbonyl (C=O) groups excluding carboxylic acids is 2. The van der Waals surface area contributed by atoms with E-state index in [0.717, 1.165) is 6.42 Å². The molecule has 0 N–H and O–H groups in total. The minimum Gasteiger partial charge on any atom is -0.461 e. The summed E-state index contributed by atoms with van der Waals surface area (Å²) in [5, 5.41) is 7.84. The molecule has 0 saturated heterocycles. The summed E-state index contributed by atoms with van der Waals surface area (Å²) in [6.45, 7) is 5.75. The first-order chi connectivity index (χ1) is 9.43. The molecule has 0 aliphatic rings. The molecule has 1 unspecified atom stereocenters. The fourth-order valence-electron chi connectivity index (χ4n) is 1.93. The lowest BCUT2D eigenvalue weighted by atomic mass is 10.2. The topological polar surface area (TPSA) is 77.3 Å². The third-order valence-electron chi connectivity index (χ3n) is 2.91. The smallest absolute Gasteiger partial charge is 0.360 e. The Morgan fingerprint density at radius 2 is 2.00 bits per heavy atom. The van der Waals surface area contributed by atoms with Gasteiger partial charge in [-0.25, -0.2) is 9.48 Å². The highest BCUT2D eigenvalue weighted by atomic mass is 16.5. The number of ether oxygens (including phenoxy) is 1. The van der Waals surface area contributed by atoms with E-state index in [-0.39, 0.29) is 18.2 Å². The van der Waals surface area contributed by atoms with E-state index in [0.29, 0.717) is 12.1 Å². The molecule has 7 nitrogen and oxygen atoms in total. The normalized spacial score (nSPS) is 12.1. The summed E-state index contributed by atoms with van der Waals surface area (Å²) in [4.78, 5) is 25.4. The quantitative estimate of drug-likeness (QED) is 0.729. The van der Waals surface area contributed by atoms with Crippen molar-refractivity contribution in [3.8, 4) is 0 Å². The summed E-state index contributed by atoms with van der Waals surface area (Å²) in [6, 6.07) is -0.498. The van der Waals surface area contributed by atoms with Crippen LogP contribution in [0.5, 0.6) is 0 Å². The van der Waals surface area contributed by atoms with Crippen molar-refractivity contribution < 1.29 is 14.3 Å². The van der Waals surface area contributed by atoms with Gasteiger partial charge in [0.2, 0.25) is 5.91 Å². The molecular formula is C13H22N4O3. The first kappa shape index (κ1) is 16.1. The Bertz CT molecular complexity index is 482. The van der Waals surface area contributed by atoms with Crippen molar-refractivity contribution >= 4 is 11.9 Å². The zero-order valence-corrected chi connectivity index (χ0v) is 12.7. The third kappa shape index (κ3) is 3.34. The molecule has 0 aliphatic carbocycles. The van der Waals surface area contributed by atoms with Gasteiger partial charge in [0.25, 0.3) is 0 Å². The maximum absolute atomic E-state index is 12.0. The summed E-state index contributed by atoms with van der Waals surface area (Å²) in [7, 11) is 3.36. The highest BCUT2D eigenvalue weighted by Crippen LogP contribution is 2.16. The van der Waals surface area contributed by atoms with Crippen molar-refractivity contribution in [1.82, 2.24) is 19.9 Å². The number of nitrogens with zero attached hydrogens (tertiary/aromatic N) is 4. The highest BCUT2D eigenvalue weighted by molar-refractivity contribution is 5.88. The number of carbonyl (C=O) groups is 2. The Balaban J connectivity index is 3.14. The van der Waals surface area contributed by atoms with Crippen LogP contribution in [0.15, 0.2) is 0 Å². The molecule has 0 spiro atoms. The van der Waals surface area contributed by atoms with Crippen LogP contribution in [0, 0.1) is 0 Å².